The minimum atomic E-state index is 0.323. The predicted molar refractivity (Wildman–Crippen MR) is 83.4 cm³/mol. The van der Waals surface area contributed by atoms with Gasteiger partial charge in [-0.15, -0.1) is 0 Å². The van der Waals surface area contributed by atoms with Crippen molar-refractivity contribution >= 4 is 11.6 Å². The minimum Gasteiger partial charge on any atom is -0.467 e. The van der Waals surface area contributed by atoms with Crippen molar-refractivity contribution in [2.75, 3.05) is 13.8 Å². The Kier molecular flexibility index (Phi) is 4.69. The minimum absolute atomic E-state index is 0.323. The topological polar surface area (TPSA) is 47.7 Å². The van der Waals surface area contributed by atoms with Gasteiger partial charge in [-0.3, -0.25) is 4.90 Å². The Bertz CT molecular complexity index is 501. The molecule has 3 rings (SSSR count). The standard InChI is InChI=1S/C16H23ClN2O2/c1-19(15-4-2-14(18)3-5-15)8-11-6-13(17)7-12-9-20-10-21-16(11)12/h6-7,14-15H,2-5,8-10,18H2,1H3. The van der Waals surface area contributed by atoms with E-state index >= 15 is 0 Å². The van der Waals surface area contributed by atoms with Gasteiger partial charge >= 0.3 is 0 Å². The fourth-order valence-electron chi connectivity index (χ4n) is 3.31. The third-order valence-electron chi connectivity index (χ3n) is 4.54. The molecule has 1 fully saturated rings. The molecule has 1 aliphatic heterocycles. The molecule has 1 aromatic rings. The van der Waals surface area contributed by atoms with E-state index in [0.29, 0.717) is 25.5 Å². The maximum Gasteiger partial charge on any atom is 0.189 e. The van der Waals surface area contributed by atoms with Crippen molar-refractivity contribution in [3.63, 3.8) is 0 Å². The fourth-order valence-corrected chi connectivity index (χ4v) is 3.58. The number of rotatable bonds is 3. The Hall–Kier alpha value is -0.810. The molecule has 1 aromatic carbocycles. The van der Waals surface area contributed by atoms with Crippen molar-refractivity contribution in [1.29, 1.82) is 0 Å². The van der Waals surface area contributed by atoms with E-state index in [1.807, 2.05) is 12.1 Å². The van der Waals surface area contributed by atoms with Crippen LogP contribution in [0.5, 0.6) is 5.75 Å². The third-order valence-corrected chi connectivity index (χ3v) is 4.75. The highest BCUT2D eigenvalue weighted by Crippen LogP contribution is 2.33. The highest BCUT2D eigenvalue weighted by atomic mass is 35.5. The summed E-state index contributed by atoms with van der Waals surface area (Å²) in [4.78, 5) is 2.40. The summed E-state index contributed by atoms with van der Waals surface area (Å²) in [5, 5.41) is 0.747. The third kappa shape index (κ3) is 3.51. The normalized spacial score (nSPS) is 25.5. The molecule has 0 atom stereocenters. The van der Waals surface area contributed by atoms with Crippen LogP contribution in [0.2, 0.25) is 5.02 Å². The molecule has 0 bridgehead atoms. The van der Waals surface area contributed by atoms with Crippen LogP contribution < -0.4 is 10.5 Å². The maximum atomic E-state index is 6.22. The van der Waals surface area contributed by atoms with Crippen LogP contribution in [0.1, 0.15) is 36.8 Å². The average Bonchev–Trinajstić information content (AvgIpc) is 2.47. The summed E-state index contributed by atoms with van der Waals surface area (Å²) in [5.74, 6) is 0.949. The molecule has 0 aromatic heterocycles. The predicted octanol–water partition coefficient (Wildman–Crippen LogP) is 2.91. The SMILES string of the molecule is CN(Cc1cc(Cl)cc2c1OCOC2)C1CCC(N)CC1. The quantitative estimate of drug-likeness (QED) is 0.932. The summed E-state index contributed by atoms with van der Waals surface area (Å²) in [6, 6.07) is 4.92. The van der Waals surface area contributed by atoms with Gasteiger partial charge < -0.3 is 15.2 Å². The van der Waals surface area contributed by atoms with E-state index < -0.39 is 0 Å². The molecule has 0 unspecified atom stereocenters. The molecule has 4 nitrogen and oxygen atoms in total. The first-order valence-corrected chi connectivity index (χ1v) is 7.99. The van der Waals surface area contributed by atoms with Crippen molar-refractivity contribution in [2.45, 2.75) is 50.9 Å². The number of benzene rings is 1. The first kappa shape index (κ1) is 15.1. The zero-order valence-electron chi connectivity index (χ0n) is 12.5. The highest BCUT2D eigenvalue weighted by molar-refractivity contribution is 6.30. The zero-order valence-corrected chi connectivity index (χ0v) is 13.2. The van der Waals surface area contributed by atoms with Crippen LogP contribution in [0, 0.1) is 0 Å². The summed E-state index contributed by atoms with van der Waals surface area (Å²) in [5.41, 5.74) is 8.19. The Morgan fingerprint density at radius 1 is 1.29 bits per heavy atom. The molecule has 5 heteroatoms. The van der Waals surface area contributed by atoms with Gasteiger partial charge in [0.05, 0.1) is 6.61 Å². The number of hydrogen-bond acceptors (Lipinski definition) is 4. The van der Waals surface area contributed by atoms with Crippen molar-refractivity contribution in [1.82, 2.24) is 4.90 Å². The van der Waals surface area contributed by atoms with Crippen molar-refractivity contribution in [3.05, 3.63) is 28.3 Å². The molecule has 0 saturated heterocycles. The number of fused-ring (bicyclic) bond motifs is 1. The van der Waals surface area contributed by atoms with E-state index in [2.05, 4.69) is 11.9 Å². The summed E-state index contributed by atoms with van der Waals surface area (Å²) >= 11 is 6.22. The van der Waals surface area contributed by atoms with Crippen LogP contribution in [-0.2, 0) is 17.9 Å². The first-order valence-electron chi connectivity index (χ1n) is 7.61. The number of nitrogens with zero attached hydrogens (tertiary/aromatic N) is 1. The highest BCUT2D eigenvalue weighted by Gasteiger charge is 2.24. The van der Waals surface area contributed by atoms with Crippen molar-refractivity contribution in [2.24, 2.45) is 5.73 Å². The van der Waals surface area contributed by atoms with Gasteiger partial charge in [0.1, 0.15) is 5.75 Å². The van der Waals surface area contributed by atoms with Crippen LogP contribution in [0.3, 0.4) is 0 Å². The van der Waals surface area contributed by atoms with Gasteiger partial charge in [-0.25, -0.2) is 0 Å². The van der Waals surface area contributed by atoms with Crippen LogP contribution in [-0.4, -0.2) is 30.8 Å². The fraction of sp³-hybridized carbons (Fsp3) is 0.625. The first-order chi connectivity index (χ1) is 10.1. The largest absolute Gasteiger partial charge is 0.467 e. The van der Waals surface area contributed by atoms with E-state index in [0.717, 1.165) is 41.3 Å². The lowest BCUT2D eigenvalue weighted by molar-refractivity contribution is -0.0175. The summed E-state index contributed by atoms with van der Waals surface area (Å²) in [7, 11) is 2.17. The number of halogens is 1. The van der Waals surface area contributed by atoms with Crippen molar-refractivity contribution in [3.8, 4) is 5.75 Å². The van der Waals surface area contributed by atoms with Crippen LogP contribution >= 0.6 is 11.6 Å². The summed E-state index contributed by atoms with van der Waals surface area (Å²) in [6.07, 6.45) is 4.58. The molecule has 0 radical (unpaired) electrons. The van der Waals surface area contributed by atoms with Crippen LogP contribution in [0.15, 0.2) is 12.1 Å². The van der Waals surface area contributed by atoms with Crippen molar-refractivity contribution < 1.29 is 9.47 Å². The average molecular weight is 311 g/mol. The number of hydrogen-bond donors (Lipinski definition) is 1. The molecule has 1 heterocycles. The smallest absolute Gasteiger partial charge is 0.189 e. The van der Waals surface area contributed by atoms with Gasteiger partial charge in [0.2, 0.25) is 0 Å². The second kappa shape index (κ2) is 6.53. The lowest BCUT2D eigenvalue weighted by atomic mass is 9.90. The Morgan fingerprint density at radius 2 is 2.05 bits per heavy atom. The summed E-state index contributed by atoms with van der Waals surface area (Å²) in [6.45, 7) is 1.75. The van der Waals surface area contributed by atoms with Crippen LogP contribution in [0.4, 0.5) is 0 Å². The number of ether oxygens (including phenoxy) is 2. The zero-order chi connectivity index (χ0) is 14.8. The van der Waals surface area contributed by atoms with Gasteiger partial charge in [0, 0.05) is 34.8 Å². The monoisotopic (exact) mass is 310 g/mol. The van der Waals surface area contributed by atoms with Crippen LogP contribution in [0.25, 0.3) is 0 Å². The molecule has 2 N–H and O–H groups in total. The number of nitrogens with two attached hydrogens (primary N) is 1. The molecular weight excluding hydrogens is 288 g/mol. The van der Waals surface area contributed by atoms with E-state index in [1.165, 1.54) is 12.8 Å². The van der Waals surface area contributed by atoms with Gasteiger partial charge in [0.25, 0.3) is 0 Å². The van der Waals surface area contributed by atoms with Gasteiger partial charge in [-0.1, -0.05) is 11.6 Å². The lowest BCUT2D eigenvalue weighted by Gasteiger charge is -2.34. The van der Waals surface area contributed by atoms with E-state index in [-0.39, 0.29) is 0 Å². The molecule has 0 amide bonds. The molecule has 1 aliphatic carbocycles. The molecule has 2 aliphatic rings. The summed E-state index contributed by atoms with van der Waals surface area (Å²) < 4.78 is 11.0. The molecule has 21 heavy (non-hydrogen) atoms. The van der Waals surface area contributed by atoms with E-state index in [9.17, 15) is 0 Å². The Labute approximate surface area is 131 Å². The second-order valence-electron chi connectivity index (χ2n) is 6.15. The molecule has 1 saturated carbocycles. The maximum absolute atomic E-state index is 6.22. The second-order valence-corrected chi connectivity index (χ2v) is 6.58. The Balaban J connectivity index is 1.73. The molecule has 116 valence electrons. The van der Waals surface area contributed by atoms with Gasteiger partial charge in [-0.05, 0) is 44.9 Å². The van der Waals surface area contributed by atoms with Gasteiger partial charge in [0.15, 0.2) is 6.79 Å². The van der Waals surface area contributed by atoms with Gasteiger partial charge in [-0.2, -0.15) is 0 Å². The van der Waals surface area contributed by atoms with E-state index in [4.69, 9.17) is 26.8 Å². The Morgan fingerprint density at radius 3 is 2.81 bits per heavy atom. The lowest BCUT2D eigenvalue weighted by Crippen LogP contribution is -2.38. The molecular formula is C16H23ClN2O2. The molecule has 0 spiro atoms. The van der Waals surface area contributed by atoms with E-state index in [1.54, 1.807) is 0 Å².